The molecule has 1 N–H and O–H groups in total. The Morgan fingerprint density at radius 3 is 2.43 bits per heavy atom. The first-order chi connectivity index (χ1) is 9.72. The Morgan fingerprint density at radius 1 is 1.24 bits per heavy atom. The van der Waals surface area contributed by atoms with Gasteiger partial charge in [0.05, 0.1) is 11.0 Å². The van der Waals surface area contributed by atoms with Crippen LogP contribution in [0.4, 0.5) is 4.39 Å². The normalized spacial score (nSPS) is 12.1. The van der Waals surface area contributed by atoms with Gasteiger partial charge in [-0.15, -0.1) is 0 Å². The van der Waals surface area contributed by atoms with Crippen LogP contribution >= 0.6 is 0 Å². The van der Waals surface area contributed by atoms with Gasteiger partial charge in [0.15, 0.2) is 21.4 Å². The second-order valence-electron chi connectivity index (χ2n) is 5.56. The maximum absolute atomic E-state index is 13.9. The van der Waals surface area contributed by atoms with Crippen LogP contribution in [0.2, 0.25) is 0 Å². The van der Waals surface area contributed by atoms with Crippen molar-refractivity contribution < 1.29 is 17.5 Å². The largest absolute Gasteiger partial charge is 0.489 e. The van der Waals surface area contributed by atoms with Crippen molar-refractivity contribution in [2.24, 2.45) is 0 Å². The van der Waals surface area contributed by atoms with Crippen LogP contribution in [0.1, 0.15) is 33.3 Å². The predicted molar refractivity (Wildman–Crippen MR) is 82.8 cm³/mol. The van der Waals surface area contributed by atoms with Gasteiger partial charge in [-0.1, -0.05) is 19.9 Å². The molecule has 1 aromatic rings. The average molecular weight is 317 g/mol. The van der Waals surface area contributed by atoms with Gasteiger partial charge in [-0.2, -0.15) is 0 Å². The summed E-state index contributed by atoms with van der Waals surface area (Å²) in [5.41, 5.74) is 0.823. The highest BCUT2D eigenvalue weighted by Gasteiger charge is 2.16. The Bertz CT molecular complexity index is 556. The monoisotopic (exact) mass is 317 g/mol. The SMILES string of the molecule is CC(C)NCc1ccc(OCCS(=O)(=O)C(C)C)c(F)c1. The number of sulfone groups is 1. The van der Waals surface area contributed by atoms with Crippen LogP contribution in [0.5, 0.6) is 5.75 Å². The highest BCUT2D eigenvalue weighted by atomic mass is 32.2. The lowest BCUT2D eigenvalue weighted by Crippen LogP contribution is -2.22. The summed E-state index contributed by atoms with van der Waals surface area (Å²) in [6.45, 7) is 7.81. The summed E-state index contributed by atoms with van der Waals surface area (Å²) in [4.78, 5) is 0. The van der Waals surface area contributed by atoms with Crippen molar-refractivity contribution in [1.82, 2.24) is 5.32 Å². The van der Waals surface area contributed by atoms with Crippen molar-refractivity contribution in [2.45, 2.75) is 45.5 Å². The maximum atomic E-state index is 13.9. The third kappa shape index (κ3) is 6.01. The zero-order valence-corrected chi connectivity index (χ0v) is 13.8. The maximum Gasteiger partial charge on any atom is 0.165 e. The summed E-state index contributed by atoms with van der Waals surface area (Å²) >= 11 is 0. The van der Waals surface area contributed by atoms with E-state index in [9.17, 15) is 12.8 Å². The topological polar surface area (TPSA) is 55.4 Å². The third-order valence-electron chi connectivity index (χ3n) is 3.05. The van der Waals surface area contributed by atoms with E-state index >= 15 is 0 Å². The van der Waals surface area contributed by atoms with Gasteiger partial charge in [-0.25, -0.2) is 12.8 Å². The van der Waals surface area contributed by atoms with Crippen LogP contribution in [0.3, 0.4) is 0 Å². The van der Waals surface area contributed by atoms with Crippen molar-refractivity contribution in [1.29, 1.82) is 0 Å². The van der Waals surface area contributed by atoms with E-state index in [1.54, 1.807) is 19.9 Å². The molecule has 0 spiro atoms. The third-order valence-corrected chi connectivity index (χ3v) is 5.23. The number of rotatable bonds is 8. The standard InChI is InChI=1S/C15H24FNO3S/c1-11(2)17-10-13-5-6-15(14(16)9-13)20-7-8-21(18,19)12(3)4/h5-6,9,11-12,17H,7-8,10H2,1-4H3. The summed E-state index contributed by atoms with van der Waals surface area (Å²) in [6.07, 6.45) is 0. The van der Waals surface area contributed by atoms with Crippen LogP contribution < -0.4 is 10.1 Å². The molecule has 0 atom stereocenters. The number of hydrogen-bond acceptors (Lipinski definition) is 4. The van der Waals surface area contributed by atoms with Crippen molar-refractivity contribution >= 4 is 9.84 Å². The first kappa shape index (κ1) is 17.9. The second-order valence-corrected chi connectivity index (χ2v) is 8.24. The fourth-order valence-electron chi connectivity index (χ4n) is 1.60. The summed E-state index contributed by atoms with van der Waals surface area (Å²) in [6, 6.07) is 5.03. The molecule has 0 saturated heterocycles. The molecule has 0 unspecified atom stereocenters. The Kier molecular flexibility index (Phi) is 6.61. The number of ether oxygens (including phenoxy) is 1. The zero-order chi connectivity index (χ0) is 16.0. The lowest BCUT2D eigenvalue weighted by Gasteiger charge is -2.12. The number of hydrogen-bond donors (Lipinski definition) is 1. The summed E-state index contributed by atoms with van der Waals surface area (Å²) in [7, 11) is -3.16. The van der Waals surface area contributed by atoms with E-state index in [4.69, 9.17) is 4.74 Å². The molecule has 0 saturated carbocycles. The highest BCUT2D eigenvalue weighted by Crippen LogP contribution is 2.18. The molecule has 0 bridgehead atoms. The van der Waals surface area contributed by atoms with E-state index < -0.39 is 20.9 Å². The molecule has 21 heavy (non-hydrogen) atoms. The van der Waals surface area contributed by atoms with Crippen molar-refractivity contribution in [3.05, 3.63) is 29.6 Å². The molecule has 4 nitrogen and oxygen atoms in total. The quantitative estimate of drug-likeness (QED) is 0.800. The van der Waals surface area contributed by atoms with Gasteiger partial charge < -0.3 is 10.1 Å². The van der Waals surface area contributed by atoms with E-state index in [1.807, 2.05) is 13.8 Å². The fourth-order valence-corrected chi connectivity index (χ4v) is 2.38. The number of benzene rings is 1. The molecule has 0 heterocycles. The molecular weight excluding hydrogens is 293 g/mol. The van der Waals surface area contributed by atoms with Crippen LogP contribution in [0, 0.1) is 5.82 Å². The molecule has 0 aromatic heterocycles. The smallest absolute Gasteiger partial charge is 0.165 e. The first-order valence-electron chi connectivity index (χ1n) is 7.08. The lowest BCUT2D eigenvalue weighted by molar-refractivity contribution is 0.321. The minimum atomic E-state index is -3.16. The fraction of sp³-hybridized carbons (Fsp3) is 0.600. The summed E-state index contributed by atoms with van der Waals surface area (Å²) in [5, 5.41) is 2.75. The summed E-state index contributed by atoms with van der Waals surface area (Å²) in [5.74, 6) is -0.497. The zero-order valence-electron chi connectivity index (χ0n) is 13.0. The Morgan fingerprint density at radius 2 is 1.90 bits per heavy atom. The Balaban J connectivity index is 2.57. The Labute approximate surface area is 126 Å². The molecule has 0 aliphatic heterocycles. The molecule has 6 heteroatoms. The predicted octanol–water partition coefficient (Wildman–Crippen LogP) is 2.53. The minimum absolute atomic E-state index is 0.0407. The van der Waals surface area contributed by atoms with E-state index in [0.29, 0.717) is 12.6 Å². The van der Waals surface area contributed by atoms with Gasteiger partial charge in [0.1, 0.15) is 6.61 Å². The average Bonchev–Trinajstić information content (AvgIpc) is 2.38. The molecule has 0 amide bonds. The summed E-state index contributed by atoms with van der Waals surface area (Å²) < 4.78 is 42.3. The van der Waals surface area contributed by atoms with Gasteiger partial charge in [0, 0.05) is 12.6 Å². The molecule has 0 fully saturated rings. The Hall–Kier alpha value is -1.14. The van der Waals surface area contributed by atoms with Gasteiger partial charge in [-0.3, -0.25) is 0 Å². The van der Waals surface area contributed by atoms with Gasteiger partial charge >= 0.3 is 0 Å². The number of halogens is 1. The molecule has 120 valence electrons. The van der Waals surface area contributed by atoms with Crippen LogP contribution in [-0.4, -0.2) is 32.1 Å². The van der Waals surface area contributed by atoms with E-state index in [1.165, 1.54) is 12.1 Å². The van der Waals surface area contributed by atoms with E-state index in [0.717, 1.165) is 5.56 Å². The molecular formula is C15H24FNO3S. The molecule has 1 aromatic carbocycles. The molecule has 0 aliphatic rings. The molecule has 0 aliphatic carbocycles. The first-order valence-corrected chi connectivity index (χ1v) is 8.80. The van der Waals surface area contributed by atoms with Crippen molar-refractivity contribution in [3.63, 3.8) is 0 Å². The number of nitrogens with one attached hydrogen (secondary N) is 1. The second kappa shape index (κ2) is 7.75. The highest BCUT2D eigenvalue weighted by molar-refractivity contribution is 7.91. The minimum Gasteiger partial charge on any atom is -0.489 e. The van der Waals surface area contributed by atoms with E-state index in [2.05, 4.69) is 5.32 Å². The van der Waals surface area contributed by atoms with Crippen LogP contribution in [0.15, 0.2) is 18.2 Å². The molecule has 0 radical (unpaired) electrons. The van der Waals surface area contributed by atoms with E-state index in [-0.39, 0.29) is 18.1 Å². The van der Waals surface area contributed by atoms with Crippen LogP contribution in [-0.2, 0) is 16.4 Å². The van der Waals surface area contributed by atoms with Gasteiger partial charge in [0.25, 0.3) is 0 Å². The van der Waals surface area contributed by atoms with Gasteiger partial charge in [0.2, 0.25) is 0 Å². The molecule has 1 rings (SSSR count). The van der Waals surface area contributed by atoms with Gasteiger partial charge in [-0.05, 0) is 31.5 Å². The van der Waals surface area contributed by atoms with Crippen LogP contribution in [0.25, 0.3) is 0 Å². The van der Waals surface area contributed by atoms with Crippen molar-refractivity contribution in [3.8, 4) is 5.75 Å². The lowest BCUT2D eigenvalue weighted by atomic mass is 10.2. The van der Waals surface area contributed by atoms with Crippen molar-refractivity contribution in [2.75, 3.05) is 12.4 Å².